The number of hydrogen-bond donors (Lipinski definition) is 2. The molecule has 2 aromatic rings. The summed E-state index contributed by atoms with van der Waals surface area (Å²) >= 11 is 0. The van der Waals surface area contributed by atoms with Gasteiger partial charge in [-0.1, -0.05) is 37.3 Å². The molecule has 0 fully saturated rings. The van der Waals surface area contributed by atoms with Crippen LogP contribution < -0.4 is 20.1 Å². The van der Waals surface area contributed by atoms with Gasteiger partial charge in [0.2, 0.25) is 0 Å². The smallest absolute Gasteiger partial charge is 0.314 e. The zero-order valence-corrected chi connectivity index (χ0v) is 14.9. The van der Waals surface area contributed by atoms with E-state index in [0.29, 0.717) is 19.7 Å². The molecule has 0 atom stereocenters. The van der Waals surface area contributed by atoms with Gasteiger partial charge in [0, 0.05) is 6.54 Å². The lowest BCUT2D eigenvalue weighted by Gasteiger charge is -2.11. The monoisotopic (exact) mass is 342 g/mol. The topological polar surface area (TPSA) is 59.6 Å². The van der Waals surface area contributed by atoms with Gasteiger partial charge in [-0.2, -0.15) is 0 Å². The molecular formula is C20H26N2O3. The van der Waals surface area contributed by atoms with Gasteiger partial charge >= 0.3 is 6.03 Å². The molecule has 0 spiro atoms. The Labute approximate surface area is 149 Å². The van der Waals surface area contributed by atoms with Crippen LogP contribution in [0.1, 0.15) is 18.1 Å². The Morgan fingerprint density at radius 3 is 2.64 bits per heavy atom. The molecule has 0 aromatic heterocycles. The van der Waals surface area contributed by atoms with Gasteiger partial charge in [0.15, 0.2) is 0 Å². The summed E-state index contributed by atoms with van der Waals surface area (Å²) in [5.74, 6) is 1.71. The van der Waals surface area contributed by atoms with Gasteiger partial charge in [-0.05, 0) is 42.2 Å². The fraction of sp³-hybridized carbons (Fsp3) is 0.350. The SMILES string of the molecule is CCc1ccccc1OCCNC(=O)NCCc1cccc(OC)c1. The molecule has 0 radical (unpaired) electrons. The summed E-state index contributed by atoms with van der Waals surface area (Å²) in [7, 11) is 1.64. The van der Waals surface area contributed by atoms with Crippen molar-refractivity contribution in [3.63, 3.8) is 0 Å². The van der Waals surface area contributed by atoms with Crippen molar-refractivity contribution >= 4 is 6.03 Å². The Balaban J connectivity index is 1.62. The van der Waals surface area contributed by atoms with Gasteiger partial charge < -0.3 is 20.1 Å². The molecule has 0 saturated carbocycles. The van der Waals surface area contributed by atoms with Crippen LogP contribution in [0.5, 0.6) is 11.5 Å². The van der Waals surface area contributed by atoms with E-state index in [1.165, 1.54) is 5.56 Å². The first kappa shape index (κ1) is 18.6. The molecule has 2 rings (SSSR count). The summed E-state index contributed by atoms with van der Waals surface area (Å²) in [6.45, 7) is 3.57. The van der Waals surface area contributed by atoms with Crippen LogP contribution in [0.15, 0.2) is 48.5 Å². The number of amides is 2. The van der Waals surface area contributed by atoms with E-state index in [0.717, 1.165) is 29.9 Å². The Morgan fingerprint density at radius 2 is 1.84 bits per heavy atom. The average molecular weight is 342 g/mol. The molecule has 5 nitrogen and oxygen atoms in total. The molecule has 5 heteroatoms. The van der Waals surface area contributed by atoms with Crippen LogP contribution in [0.25, 0.3) is 0 Å². The molecule has 0 saturated heterocycles. The van der Waals surface area contributed by atoms with Crippen LogP contribution in [0.2, 0.25) is 0 Å². The lowest BCUT2D eigenvalue weighted by atomic mass is 10.1. The number of carbonyl (C=O) groups excluding carboxylic acids is 1. The number of urea groups is 1. The van der Waals surface area contributed by atoms with Crippen molar-refractivity contribution in [3.8, 4) is 11.5 Å². The van der Waals surface area contributed by atoms with Crippen LogP contribution >= 0.6 is 0 Å². The molecule has 2 aromatic carbocycles. The van der Waals surface area contributed by atoms with Gasteiger partial charge in [-0.3, -0.25) is 0 Å². The average Bonchev–Trinajstić information content (AvgIpc) is 2.65. The molecule has 0 aliphatic rings. The van der Waals surface area contributed by atoms with Crippen molar-refractivity contribution in [1.29, 1.82) is 0 Å². The molecule has 2 amide bonds. The Bertz CT molecular complexity index is 673. The van der Waals surface area contributed by atoms with Crippen molar-refractivity contribution in [1.82, 2.24) is 10.6 Å². The van der Waals surface area contributed by atoms with E-state index >= 15 is 0 Å². The third-order valence-electron chi connectivity index (χ3n) is 3.83. The van der Waals surface area contributed by atoms with Crippen LogP contribution in [0.3, 0.4) is 0 Å². The molecule has 2 N–H and O–H groups in total. The summed E-state index contributed by atoms with van der Waals surface area (Å²) in [5, 5.41) is 5.64. The molecule has 0 aliphatic heterocycles. The summed E-state index contributed by atoms with van der Waals surface area (Å²) in [6.07, 6.45) is 1.68. The first-order chi connectivity index (χ1) is 12.2. The molecule has 25 heavy (non-hydrogen) atoms. The Kier molecular flexibility index (Phi) is 7.63. The second-order valence-corrected chi connectivity index (χ2v) is 5.59. The standard InChI is InChI=1S/C20H26N2O3/c1-3-17-8-4-5-10-19(17)25-14-13-22-20(23)21-12-11-16-7-6-9-18(15-16)24-2/h4-10,15H,3,11-14H2,1-2H3,(H2,21,22,23). The lowest BCUT2D eigenvalue weighted by molar-refractivity contribution is 0.236. The van der Waals surface area contributed by atoms with E-state index in [-0.39, 0.29) is 6.03 Å². The van der Waals surface area contributed by atoms with Crippen LogP contribution in [-0.4, -0.2) is 32.8 Å². The minimum atomic E-state index is -0.185. The summed E-state index contributed by atoms with van der Waals surface area (Å²) in [5.41, 5.74) is 2.30. The molecule has 0 heterocycles. The zero-order chi connectivity index (χ0) is 17.9. The first-order valence-corrected chi connectivity index (χ1v) is 8.58. The third kappa shape index (κ3) is 6.37. The highest BCUT2D eigenvalue weighted by Crippen LogP contribution is 2.17. The lowest BCUT2D eigenvalue weighted by Crippen LogP contribution is -2.38. The number of nitrogens with one attached hydrogen (secondary N) is 2. The number of ether oxygens (including phenoxy) is 2. The van der Waals surface area contributed by atoms with Crippen molar-refractivity contribution in [2.45, 2.75) is 19.8 Å². The highest BCUT2D eigenvalue weighted by molar-refractivity contribution is 5.73. The van der Waals surface area contributed by atoms with Crippen LogP contribution in [-0.2, 0) is 12.8 Å². The molecular weight excluding hydrogens is 316 g/mol. The summed E-state index contributed by atoms with van der Waals surface area (Å²) in [6, 6.07) is 15.6. The number of rotatable bonds is 9. The molecule has 0 bridgehead atoms. The van der Waals surface area contributed by atoms with Gasteiger partial charge in [-0.25, -0.2) is 4.79 Å². The van der Waals surface area contributed by atoms with E-state index in [1.54, 1.807) is 7.11 Å². The highest BCUT2D eigenvalue weighted by Gasteiger charge is 2.03. The molecule has 0 aliphatic carbocycles. The number of benzene rings is 2. The minimum absolute atomic E-state index is 0.185. The predicted octanol–water partition coefficient (Wildman–Crippen LogP) is 3.18. The Morgan fingerprint density at radius 1 is 1.04 bits per heavy atom. The fourth-order valence-electron chi connectivity index (χ4n) is 2.47. The Hall–Kier alpha value is -2.69. The predicted molar refractivity (Wildman–Crippen MR) is 99.4 cm³/mol. The van der Waals surface area contributed by atoms with E-state index < -0.39 is 0 Å². The quantitative estimate of drug-likeness (QED) is 0.688. The second-order valence-electron chi connectivity index (χ2n) is 5.59. The van der Waals surface area contributed by atoms with Crippen molar-refractivity contribution in [2.24, 2.45) is 0 Å². The van der Waals surface area contributed by atoms with E-state index in [4.69, 9.17) is 9.47 Å². The highest BCUT2D eigenvalue weighted by atomic mass is 16.5. The first-order valence-electron chi connectivity index (χ1n) is 8.58. The van der Waals surface area contributed by atoms with Gasteiger partial charge in [-0.15, -0.1) is 0 Å². The number of hydrogen-bond acceptors (Lipinski definition) is 3. The van der Waals surface area contributed by atoms with Gasteiger partial charge in [0.25, 0.3) is 0 Å². The molecule has 0 unspecified atom stereocenters. The normalized spacial score (nSPS) is 10.2. The number of methoxy groups -OCH3 is 1. The molecule has 134 valence electrons. The van der Waals surface area contributed by atoms with Crippen LogP contribution in [0, 0.1) is 0 Å². The van der Waals surface area contributed by atoms with Crippen LogP contribution in [0.4, 0.5) is 4.79 Å². The van der Waals surface area contributed by atoms with Crippen molar-refractivity contribution in [2.75, 3.05) is 26.8 Å². The van der Waals surface area contributed by atoms with E-state index in [2.05, 4.69) is 17.6 Å². The maximum Gasteiger partial charge on any atom is 0.314 e. The number of para-hydroxylation sites is 1. The minimum Gasteiger partial charge on any atom is -0.497 e. The van der Waals surface area contributed by atoms with E-state index in [9.17, 15) is 4.79 Å². The number of carbonyl (C=O) groups is 1. The van der Waals surface area contributed by atoms with Crippen molar-refractivity contribution in [3.05, 3.63) is 59.7 Å². The van der Waals surface area contributed by atoms with E-state index in [1.807, 2.05) is 48.5 Å². The number of aryl methyl sites for hydroxylation is 1. The third-order valence-corrected chi connectivity index (χ3v) is 3.83. The van der Waals surface area contributed by atoms with Gasteiger partial charge in [0.1, 0.15) is 18.1 Å². The van der Waals surface area contributed by atoms with Crippen molar-refractivity contribution < 1.29 is 14.3 Å². The maximum atomic E-state index is 11.8. The largest absolute Gasteiger partial charge is 0.497 e. The zero-order valence-electron chi connectivity index (χ0n) is 14.9. The second kappa shape index (κ2) is 10.2. The summed E-state index contributed by atoms with van der Waals surface area (Å²) < 4.78 is 10.9. The van der Waals surface area contributed by atoms with Gasteiger partial charge in [0.05, 0.1) is 13.7 Å². The maximum absolute atomic E-state index is 11.8. The fourth-order valence-corrected chi connectivity index (χ4v) is 2.47. The summed E-state index contributed by atoms with van der Waals surface area (Å²) in [4.78, 5) is 11.8.